The predicted molar refractivity (Wildman–Crippen MR) is 57.8 cm³/mol. The minimum absolute atomic E-state index is 0.266. The van der Waals surface area contributed by atoms with Crippen LogP contribution in [0.5, 0.6) is 0 Å². The number of aliphatic carboxylic acids is 1. The molecule has 0 bridgehead atoms. The smallest absolute Gasteiger partial charge is 0.337 e. The van der Waals surface area contributed by atoms with E-state index in [0.29, 0.717) is 24.1 Å². The van der Waals surface area contributed by atoms with Crippen molar-refractivity contribution >= 4 is 17.9 Å². The number of aryl methyl sites for hydroxylation is 1. The Labute approximate surface area is 92.5 Å². The average Bonchev–Trinajstić information content (AvgIpc) is 2.27. The number of nitrogen functional groups attached to an aromatic ring is 1. The highest BCUT2D eigenvalue weighted by Crippen LogP contribution is 2.20. The summed E-state index contributed by atoms with van der Waals surface area (Å²) in [4.78, 5) is 20.8. The molecule has 0 fully saturated rings. The van der Waals surface area contributed by atoms with E-state index in [4.69, 9.17) is 10.8 Å². The molecule has 0 amide bonds. The summed E-state index contributed by atoms with van der Waals surface area (Å²) in [5.74, 6) is -1.31. The van der Waals surface area contributed by atoms with Crippen molar-refractivity contribution in [3.05, 3.63) is 29.3 Å². The van der Waals surface area contributed by atoms with Crippen LogP contribution in [-0.2, 0) is 16.0 Å². The van der Waals surface area contributed by atoms with E-state index in [2.05, 4.69) is 0 Å². The SMILES string of the molecule is Nc1ccc(C(O)C(=O)O)cc1CCC=O. The summed E-state index contributed by atoms with van der Waals surface area (Å²) >= 11 is 0. The standard InChI is InChI=1S/C11H13NO4/c12-9-4-3-8(10(14)11(15)16)6-7(9)2-1-5-13/h3-6,10,14H,1-2,12H2,(H,15,16). The Hall–Kier alpha value is -1.88. The van der Waals surface area contributed by atoms with E-state index in [0.717, 1.165) is 6.29 Å². The number of carbonyl (C=O) groups is 2. The Morgan fingerprint density at radius 3 is 2.75 bits per heavy atom. The van der Waals surface area contributed by atoms with Gasteiger partial charge in [0, 0.05) is 12.1 Å². The van der Waals surface area contributed by atoms with Crippen molar-refractivity contribution in [3.8, 4) is 0 Å². The lowest BCUT2D eigenvalue weighted by molar-refractivity contribution is -0.146. The molecule has 0 heterocycles. The lowest BCUT2D eigenvalue weighted by atomic mass is 10.0. The largest absolute Gasteiger partial charge is 0.479 e. The normalized spacial score (nSPS) is 12.1. The number of carboxylic acid groups (broad SMARTS) is 1. The van der Waals surface area contributed by atoms with Gasteiger partial charge in [-0.05, 0) is 23.6 Å². The highest BCUT2D eigenvalue weighted by molar-refractivity contribution is 5.74. The number of carboxylic acids is 1. The third-order valence-electron chi connectivity index (χ3n) is 2.25. The summed E-state index contributed by atoms with van der Waals surface area (Å²) in [6.45, 7) is 0. The molecule has 0 aromatic heterocycles. The lowest BCUT2D eigenvalue weighted by Gasteiger charge is -2.09. The maximum absolute atomic E-state index is 10.6. The molecule has 5 heteroatoms. The molecule has 0 spiro atoms. The van der Waals surface area contributed by atoms with Crippen molar-refractivity contribution < 1.29 is 19.8 Å². The number of benzene rings is 1. The molecular formula is C11H13NO4. The minimum Gasteiger partial charge on any atom is -0.479 e. The predicted octanol–water partition coefficient (Wildman–Crippen LogP) is 0.518. The molecular weight excluding hydrogens is 210 g/mol. The zero-order valence-electron chi connectivity index (χ0n) is 8.59. The number of aliphatic hydroxyl groups excluding tert-OH is 1. The molecule has 1 unspecified atom stereocenters. The van der Waals surface area contributed by atoms with Gasteiger partial charge in [0.25, 0.3) is 0 Å². The molecule has 4 N–H and O–H groups in total. The van der Waals surface area contributed by atoms with E-state index in [-0.39, 0.29) is 5.56 Å². The van der Waals surface area contributed by atoms with Crippen molar-refractivity contribution in [3.63, 3.8) is 0 Å². The first-order valence-electron chi connectivity index (χ1n) is 4.79. The number of hydrogen-bond donors (Lipinski definition) is 3. The van der Waals surface area contributed by atoms with Crippen molar-refractivity contribution in [2.75, 3.05) is 5.73 Å². The second-order valence-electron chi connectivity index (χ2n) is 3.40. The topological polar surface area (TPSA) is 101 Å². The van der Waals surface area contributed by atoms with E-state index in [1.54, 1.807) is 0 Å². The van der Waals surface area contributed by atoms with Crippen molar-refractivity contribution in [2.45, 2.75) is 18.9 Å². The van der Waals surface area contributed by atoms with Gasteiger partial charge in [0.2, 0.25) is 0 Å². The molecule has 1 aromatic rings. The molecule has 0 aliphatic heterocycles. The third kappa shape index (κ3) is 2.80. The van der Waals surface area contributed by atoms with Crippen molar-refractivity contribution in [2.24, 2.45) is 0 Å². The third-order valence-corrected chi connectivity index (χ3v) is 2.25. The van der Waals surface area contributed by atoms with Crippen molar-refractivity contribution in [1.82, 2.24) is 0 Å². The molecule has 1 aromatic carbocycles. The average molecular weight is 223 g/mol. The molecule has 0 saturated heterocycles. The lowest BCUT2D eigenvalue weighted by Crippen LogP contribution is -2.11. The maximum Gasteiger partial charge on any atom is 0.337 e. The van der Waals surface area contributed by atoms with Gasteiger partial charge in [-0.2, -0.15) is 0 Å². The van der Waals surface area contributed by atoms with E-state index in [1.807, 2.05) is 0 Å². The molecule has 16 heavy (non-hydrogen) atoms. The number of aldehydes is 1. The van der Waals surface area contributed by atoms with Crippen molar-refractivity contribution in [1.29, 1.82) is 0 Å². The zero-order chi connectivity index (χ0) is 12.1. The Kier molecular flexibility index (Phi) is 4.02. The summed E-state index contributed by atoms with van der Waals surface area (Å²) < 4.78 is 0. The summed E-state index contributed by atoms with van der Waals surface area (Å²) in [5, 5.41) is 18.0. The van der Waals surface area contributed by atoms with E-state index in [1.165, 1.54) is 18.2 Å². The van der Waals surface area contributed by atoms with Crippen LogP contribution in [0.1, 0.15) is 23.7 Å². The molecule has 0 radical (unpaired) electrons. The number of hydrogen-bond acceptors (Lipinski definition) is 4. The first-order valence-corrected chi connectivity index (χ1v) is 4.79. The molecule has 1 rings (SSSR count). The van der Waals surface area contributed by atoms with E-state index < -0.39 is 12.1 Å². The maximum atomic E-state index is 10.6. The highest BCUT2D eigenvalue weighted by atomic mass is 16.4. The number of aliphatic hydroxyl groups is 1. The Balaban J connectivity index is 2.97. The van der Waals surface area contributed by atoms with Crippen LogP contribution in [0.3, 0.4) is 0 Å². The Bertz CT molecular complexity index is 403. The van der Waals surface area contributed by atoms with Crippen LogP contribution in [-0.4, -0.2) is 22.5 Å². The fourth-order valence-electron chi connectivity index (χ4n) is 1.37. The van der Waals surface area contributed by atoms with Gasteiger partial charge < -0.3 is 20.7 Å². The van der Waals surface area contributed by atoms with Gasteiger partial charge in [0.05, 0.1) is 0 Å². The fourth-order valence-corrected chi connectivity index (χ4v) is 1.37. The van der Waals surface area contributed by atoms with Crippen LogP contribution >= 0.6 is 0 Å². The summed E-state index contributed by atoms with van der Waals surface area (Å²) in [7, 11) is 0. The van der Waals surface area contributed by atoms with Gasteiger partial charge in [0.1, 0.15) is 6.29 Å². The molecule has 0 aliphatic rings. The number of nitrogens with two attached hydrogens (primary N) is 1. The van der Waals surface area contributed by atoms with Gasteiger partial charge in [0.15, 0.2) is 6.10 Å². The quantitative estimate of drug-likeness (QED) is 0.499. The van der Waals surface area contributed by atoms with Crippen LogP contribution in [0.2, 0.25) is 0 Å². The molecule has 86 valence electrons. The summed E-state index contributed by atoms with van der Waals surface area (Å²) in [5.41, 5.74) is 7.09. The van der Waals surface area contributed by atoms with Crippen LogP contribution in [0.15, 0.2) is 18.2 Å². The number of rotatable bonds is 5. The molecule has 0 aliphatic carbocycles. The van der Waals surface area contributed by atoms with Crippen LogP contribution in [0.25, 0.3) is 0 Å². The Morgan fingerprint density at radius 1 is 1.50 bits per heavy atom. The van der Waals surface area contributed by atoms with Crippen LogP contribution < -0.4 is 5.73 Å². The van der Waals surface area contributed by atoms with Gasteiger partial charge in [-0.3, -0.25) is 0 Å². The summed E-state index contributed by atoms with van der Waals surface area (Å²) in [6, 6.07) is 4.50. The number of anilines is 1. The first-order chi connectivity index (χ1) is 7.56. The second kappa shape index (κ2) is 5.27. The van der Waals surface area contributed by atoms with Crippen LogP contribution in [0.4, 0.5) is 5.69 Å². The van der Waals surface area contributed by atoms with E-state index >= 15 is 0 Å². The monoisotopic (exact) mass is 223 g/mol. The molecule has 0 saturated carbocycles. The minimum atomic E-state index is -1.56. The Morgan fingerprint density at radius 2 is 2.19 bits per heavy atom. The van der Waals surface area contributed by atoms with E-state index in [9.17, 15) is 14.7 Å². The summed E-state index contributed by atoms with van der Waals surface area (Å²) in [6.07, 6.45) is -0.0397. The first kappa shape index (κ1) is 12.2. The zero-order valence-corrected chi connectivity index (χ0v) is 8.59. The molecule has 5 nitrogen and oxygen atoms in total. The highest BCUT2D eigenvalue weighted by Gasteiger charge is 2.16. The van der Waals surface area contributed by atoms with Gasteiger partial charge in [-0.15, -0.1) is 0 Å². The second-order valence-corrected chi connectivity index (χ2v) is 3.40. The fraction of sp³-hybridized carbons (Fsp3) is 0.273. The van der Waals surface area contributed by atoms with Gasteiger partial charge >= 0.3 is 5.97 Å². The van der Waals surface area contributed by atoms with Gasteiger partial charge in [-0.1, -0.05) is 12.1 Å². The van der Waals surface area contributed by atoms with Gasteiger partial charge in [-0.25, -0.2) is 4.79 Å². The number of carbonyl (C=O) groups excluding carboxylic acids is 1. The van der Waals surface area contributed by atoms with Crippen LogP contribution in [0, 0.1) is 0 Å². The molecule has 1 atom stereocenters.